The number of hydrogen-bond acceptors (Lipinski definition) is 5. The van der Waals surface area contributed by atoms with E-state index in [1.165, 1.54) is 0 Å². The number of nitrogens with zero attached hydrogens (tertiary/aromatic N) is 4. The van der Waals surface area contributed by atoms with Gasteiger partial charge < -0.3 is 15.1 Å². The first-order chi connectivity index (χ1) is 13.8. The fourth-order valence-electron chi connectivity index (χ4n) is 4.62. The zero-order chi connectivity index (χ0) is 21.4. The van der Waals surface area contributed by atoms with Crippen molar-refractivity contribution >= 4 is 11.8 Å². The number of likely N-dealkylation sites (tertiary alicyclic amines) is 1. The largest absolute Gasteiger partial charge is 0.354 e. The summed E-state index contributed by atoms with van der Waals surface area (Å²) in [5.41, 5.74) is 0. The standard InChI is InChI=1S/C22H43N5O2/c1-18(2)27(19(3)4)11-8-23-22(29)17-25-14-12-24(13-15-25)16-21-6-9-26(10-7-21)20(5)28/h18-19,21H,6-17H2,1-5H3,(H,23,29). The van der Waals surface area contributed by atoms with Crippen molar-refractivity contribution in [3.63, 3.8) is 0 Å². The molecule has 0 aromatic rings. The summed E-state index contributed by atoms with van der Waals surface area (Å²) in [6, 6.07) is 0.990. The summed E-state index contributed by atoms with van der Waals surface area (Å²) in [5, 5.41) is 3.09. The third kappa shape index (κ3) is 8.22. The van der Waals surface area contributed by atoms with Crippen molar-refractivity contribution in [2.24, 2.45) is 5.92 Å². The van der Waals surface area contributed by atoms with Gasteiger partial charge in [-0.1, -0.05) is 0 Å². The Morgan fingerprint density at radius 1 is 0.931 bits per heavy atom. The van der Waals surface area contributed by atoms with Gasteiger partial charge in [0, 0.05) is 77.9 Å². The number of rotatable bonds is 9. The van der Waals surface area contributed by atoms with Gasteiger partial charge >= 0.3 is 0 Å². The van der Waals surface area contributed by atoms with E-state index in [1.807, 2.05) is 4.90 Å². The first kappa shape index (κ1) is 24.1. The van der Waals surface area contributed by atoms with Crippen LogP contribution in [0.25, 0.3) is 0 Å². The molecule has 0 aliphatic carbocycles. The summed E-state index contributed by atoms with van der Waals surface area (Å²) in [5.74, 6) is 1.05. The van der Waals surface area contributed by atoms with Crippen molar-refractivity contribution in [3.8, 4) is 0 Å². The monoisotopic (exact) mass is 409 g/mol. The fourth-order valence-corrected chi connectivity index (χ4v) is 4.62. The normalized spacial score (nSPS) is 20.1. The van der Waals surface area contributed by atoms with Crippen LogP contribution in [0.15, 0.2) is 0 Å². The van der Waals surface area contributed by atoms with E-state index in [-0.39, 0.29) is 11.8 Å². The third-order valence-corrected chi connectivity index (χ3v) is 6.43. The van der Waals surface area contributed by atoms with Gasteiger partial charge in [0.1, 0.15) is 0 Å². The third-order valence-electron chi connectivity index (χ3n) is 6.43. The maximum absolute atomic E-state index is 12.3. The first-order valence-electron chi connectivity index (χ1n) is 11.5. The predicted molar refractivity (Wildman–Crippen MR) is 118 cm³/mol. The van der Waals surface area contributed by atoms with Crippen molar-refractivity contribution in [2.75, 3.05) is 65.4 Å². The molecule has 2 fully saturated rings. The molecule has 2 aliphatic rings. The number of piperidine rings is 1. The van der Waals surface area contributed by atoms with Gasteiger partial charge in [-0.15, -0.1) is 0 Å². The molecule has 0 spiro atoms. The fraction of sp³-hybridized carbons (Fsp3) is 0.909. The Morgan fingerprint density at radius 3 is 2.00 bits per heavy atom. The van der Waals surface area contributed by atoms with Crippen LogP contribution in [0.5, 0.6) is 0 Å². The van der Waals surface area contributed by atoms with Gasteiger partial charge in [0.05, 0.1) is 6.54 Å². The van der Waals surface area contributed by atoms with E-state index >= 15 is 0 Å². The molecular weight excluding hydrogens is 366 g/mol. The van der Waals surface area contributed by atoms with E-state index in [2.05, 4.69) is 47.7 Å². The lowest BCUT2D eigenvalue weighted by atomic mass is 9.96. The summed E-state index contributed by atoms with van der Waals surface area (Å²) in [6.07, 6.45) is 2.23. The maximum atomic E-state index is 12.3. The Hall–Kier alpha value is -1.18. The average Bonchev–Trinajstić information content (AvgIpc) is 2.66. The summed E-state index contributed by atoms with van der Waals surface area (Å²) in [6.45, 7) is 19.5. The summed E-state index contributed by atoms with van der Waals surface area (Å²) < 4.78 is 0. The van der Waals surface area contributed by atoms with Crippen LogP contribution in [-0.4, -0.2) is 109 Å². The molecule has 1 N–H and O–H groups in total. The summed E-state index contributed by atoms with van der Waals surface area (Å²) in [7, 11) is 0. The van der Waals surface area contributed by atoms with Gasteiger partial charge in [-0.2, -0.15) is 0 Å². The molecule has 29 heavy (non-hydrogen) atoms. The summed E-state index contributed by atoms with van der Waals surface area (Å²) >= 11 is 0. The van der Waals surface area contributed by atoms with E-state index in [4.69, 9.17) is 0 Å². The van der Waals surface area contributed by atoms with Gasteiger partial charge in [0.25, 0.3) is 0 Å². The zero-order valence-electron chi connectivity index (χ0n) is 19.3. The van der Waals surface area contributed by atoms with Gasteiger partial charge in [-0.25, -0.2) is 0 Å². The van der Waals surface area contributed by atoms with E-state index in [0.717, 1.165) is 65.2 Å². The lowest BCUT2D eigenvalue weighted by Crippen LogP contribution is -2.51. The molecule has 0 radical (unpaired) electrons. The van der Waals surface area contributed by atoms with Crippen molar-refractivity contribution in [3.05, 3.63) is 0 Å². The van der Waals surface area contributed by atoms with E-state index in [0.29, 0.717) is 31.1 Å². The van der Waals surface area contributed by atoms with E-state index in [9.17, 15) is 9.59 Å². The van der Waals surface area contributed by atoms with Crippen LogP contribution >= 0.6 is 0 Å². The van der Waals surface area contributed by atoms with Crippen LogP contribution in [0.4, 0.5) is 0 Å². The molecule has 2 saturated heterocycles. The quantitative estimate of drug-likeness (QED) is 0.618. The smallest absolute Gasteiger partial charge is 0.234 e. The highest BCUT2D eigenvalue weighted by atomic mass is 16.2. The van der Waals surface area contributed by atoms with Gasteiger partial charge in [0.15, 0.2) is 0 Å². The molecule has 0 saturated carbocycles. The molecule has 7 heteroatoms. The van der Waals surface area contributed by atoms with Crippen molar-refractivity contribution in [2.45, 2.75) is 59.5 Å². The Bertz CT molecular complexity index is 501. The molecule has 2 rings (SSSR count). The molecule has 0 aromatic heterocycles. The van der Waals surface area contributed by atoms with Gasteiger partial charge in [-0.3, -0.25) is 19.4 Å². The Morgan fingerprint density at radius 2 is 1.48 bits per heavy atom. The molecule has 0 bridgehead atoms. The highest BCUT2D eigenvalue weighted by molar-refractivity contribution is 5.78. The van der Waals surface area contributed by atoms with Crippen molar-refractivity contribution in [1.82, 2.24) is 24.9 Å². The number of piperazine rings is 1. The number of carbonyl (C=O) groups is 2. The molecule has 168 valence electrons. The minimum absolute atomic E-state index is 0.141. The predicted octanol–water partition coefficient (Wildman–Crippen LogP) is 1.10. The highest BCUT2D eigenvalue weighted by Crippen LogP contribution is 2.19. The summed E-state index contributed by atoms with van der Waals surface area (Å²) in [4.78, 5) is 32.9. The SMILES string of the molecule is CC(=O)N1CCC(CN2CCN(CC(=O)NCCN(C(C)C)C(C)C)CC2)CC1. The van der Waals surface area contributed by atoms with Gasteiger partial charge in [0.2, 0.25) is 11.8 Å². The van der Waals surface area contributed by atoms with E-state index < -0.39 is 0 Å². The number of carbonyl (C=O) groups excluding carboxylic acids is 2. The maximum Gasteiger partial charge on any atom is 0.234 e. The van der Waals surface area contributed by atoms with Crippen LogP contribution in [0.2, 0.25) is 0 Å². The molecule has 0 atom stereocenters. The van der Waals surface area contributed by atoms with Crippen LogP contribution in [0, 0.1) is 5.92 Å². The lowest BCUT2D eigenvalue weighted by molar-refractivity contribution is -0.130. The highest BCUT2D eigenvalue weighted by Gasteiger charge is 2.25. The average molecular weight is 410 g/mol. The Balaban J connectivity index is 1.59. The zero-order valence-corrected chi connectivity index (χ0v) is 19.3. The molecule has 2 aliphatic heterocycles. The van der Waals surface area contributed by atoms with Crippen LogP contribution in [0.1, 0.15) is 47.5 Å². The first-order valence-corrected chi connectivity index (χ1v) is 11.5. The Labute approximate surface area is 177 Å². The van der Waals surface area contributed by atoms with Crippen molar-refractivity contribution < 1.29 is 9.59 Å². The molecule has 2 heterocycles. The lowest BCUT2D eigenvalue weighted by Gasteiger charge is -2.38. The van der Waals surface area contributed by atoms with Crippen molar-refractivity contribution in [1.29, 1.82) is 0 Å². The molecule has 7 nitrogen and oxygen atoms in total. The molecule has 2 amide bonds. The minimum atomic E-state index is 0.141. The number of amides is 2. The molecular formula is C22H43N5O2. The second-order valence-electron chi connectivity index (χ2n) is 9.30. The second-order valence-corrected chi connectivity index (χ2v) is 9.30. The number of nitrogens with one attached hydrogen (secondary N) is 1. The Kier molecular flexibility index (Phi) is 9.86. The van der Waals surface area contributed by atoms with Crippen LogP contribution < -0.4 is 5.32 Å². The van der Waals surface area contributed by atoms with Crippen LogP contribution in [-0.2, 0) is 9.59 Å². The van der Waals surface area contributed by atoms with Crippen LogP contribution in [0.3, 0.4) is 0 Å². The minimum Gasteiger partial charge on any atom is -0.354 e. The second kappa shape index (κ2) is 11.9. The molecule has 0 aromatic carbocycles. The number of hydrogen-bond donors (Lipinski definition) is 1. The topological polar surface area (TPSA) is 59.1 Å². The molecule has 0 unspecified atom stereocenters. The van der Waals surface area contributed by atoms with Gasteiger partial charge in [-0.05, 0) is 46.5 Å². The van der Waals surface area contributed by atoms with E-state index in [1.54, 1.807) is 6.92 Å².